The van der Waals surface area contributed by atoms with Crippen LogP contribution in [0.4, 0.5) is 18.9 Å². The van der Waals surface area contributed by atoms with Crippen molar-refractivity contribution in [2.75, 3.05) is 11.9 Å². The Morgan fingerprint density at radius 1 is 1.33 bits per heavy atom. The summed E-state index contributed by atoms with van der Waals surface area (Å²) in [5, 5.41) is 1.94. The predicted octanol–water partition coefficient (Wildman–Crippen LogP) is 4.98. The average Bonchev–Trinajstić information content (AvgIpc) is 2.82. The summed E-state index contributed by atoms with van der Waals surface area (Å²) in [5.74, 6) is 0. The van der Waals surface area contributed by atoms with Gasteiger partial charge >= 0.3 is 6.18 Å². The zero-order valence-corrected chi connectivity index (χ0v) is 13.3. The Labute approximate surface area is 132 Å². The number of rotatable bonds is 4. The van der Waals surface area contributed by atoms with E-state index in [4.69, 9.17) is 0 Å². The van der Waals surface area contributed by atoms with Gasteiger partial charge in [0.2, 0.25) is 0 Å². The first-order valence-corrected chi connectivity index (χ1v) is 7.59. The van der Waals surface area contributed by atoms with Crippen molar-refractivity contribution >= 4 is 39.2 Å². The molecule has 0 radical (unpaired) electrons. The summed E-state index contributed by atoms with van der Waals surface area (Å²) in [6.07, 6.45) is -4.32. The summed E-state index contributed by atoms with van der Waals surface area (Å²) in [6, 6.07) is 5.64. The van der Waals surface area contributed by atoms with Crippen molar-refractivity contribution in [1.82, 2.24) is 0 Å². The van der Waals surface area contributed by atoms with Crippen LogP contribution < -0.4 is 4.90 Å². The van der Waals surface area contributed by atoms with Crippen LogP contribution in [0.2, 0.25) is 0 Å². The van der Waals surface area contributed by atoms with Gasteiger partial charge in [0.1, 0.15) is 0 Å². The summed E-state index contributed by atoms with van der Waals surface area (Å²) in [6.45, 7) is 0.486. The summed E-state index contributed by atoms with van der Waals surface area (Å²) < 4.78 is 39.8. The average molecular weight is 378 g/mol. The van der Waals surface area contributed by atoms with Gasteiger partial charge in [0, 0.05) is 24.8 Å². The van der Waals surface area contributed by atoms with Crippen LogP contribution in [0.1, 0.15) is 21.5 Å². The van der Waals surface area contributed by atoms with E-state index in [-0.39, 0.29) is 11.8 Å². The number of nitrogens with zero attached hydrogens (tertiary/aromatic N) is 1. The van der Waals surface area contributed by atoms with E-state index >= 15 is 0 Å². The lowest BCUT2D eigenvalue weighted by atomic mass is 10.1. The van der Waals surface area contributed by atoms with Crippen LogP contribution in [0.25, 0.3) is 0 Å². The molecule has 0 aliphatic heterocycles. The van der Waals surface area contributed by atoms with Crippen LogP contribution >= 0.6 is 27.3 Å². The molecule has 1 aromatic heterocycles. The maximum absolute atomic E-state index is 12.9. The first-order chi connectivity index (χ1) is 9.81. The van der Waals surface area contributed by atoms with Gasteiger partial charge in [-0.2, -0.15) is 13.2 Å². The number of hydrogen-bond acceptors (Lipinski definition) is 3. The number of carbonyl (C=O) groups excluding carboxylic acids is 1. The molecular formula is C14H11BrF3NOS. The highest BCUT2D eigenvalue weighted by Crippen LogP contribution is 2.34. The SMILES string of the molecule is CN(Cc1csc(Br)c1)c1ccc(C=O)c(C(F)(F)F)c1. The standard InChI is InChI=1S/C14H11BrF3NOS/c1-19(6-9-4-13(15)21-8-9)11-3-2-10(7-20)12(5-11)14(16,17)18/h2-5,7-8H,6H2,1H3. The minimum absolute atomic E-state index is 0.225. The van der Waals surface area contributed by atoms with Gasteiger partial charge in [-0.3, -0.25) is 4.79 Å². The lowest BCUT2D eigenvalue weighted by molar-refractivity contribution is -0.137. The second-order valence-corrected chi connectivity index (χ2v) is 6.79. The molecule has 0 N–H and O–H groups in total. The molecule has 0 saturated heterocycles. The third kappa shape index (κ3) is 3.85. The molecule has 7 heteroatoms. The van der Waals surface area contributed by atoms with E-state index in [2.05, 4.69) is 15.9 Å². The third-order valence-electron chi connectivity index (χ3n) is 2.95. The Morgan fingerprint density at radius 2 is 2.05 bits per heavy atom. The number of alkyl halides is 3. The van der Waals surface area contributed by atoms with Crippen LogP contribution in [0, 0.1) is 0 Å². The highest BCUT2D eigenvalue weighted by atomic mass is 79.9. The molecule has 0 unspecified atom stereocenters. The minimum atomic E-state index is -4.54. The van der Waals surface area contributed by atoms with Gasteiger partial charge in [-0.1, -0.05) is 0 Å². The van der Waals surface area contributed by atoms with E-state index in [9.17, 15) is 18.0 Å². The number of anilines is 1. The number of carbonyl (C=O) groups is 1. The van der Waals surface area contributed by atoms with Gasteiger partial charge < -0.3 is 4.90 Å². The van der Waals surface area contributed by atoms with E-state index in [1.165, 1.54) is 23.5 Å². The Morgan fingerprint density at radius 3 is 2.57 bits per heavy atom. The van der Waals surface area contributed by atoms with E-state index in [1.54, 1.807) is 11.9 Å². The molecule has 0 aliphatic carbocycles. The van der Waals surface area contributed by atoms with E-state index in [0.717, 1.165) is 15.4 Å². The molecule has 0 saturated carbocycles. The largest absolute Gasteiger partial charge is 0.417 e. The summed E-state index contributed by atoms with van der Waals surface area (Å²) in [5.41, 5.74) is 0.156. The topological polar surface area (TPSA) is 20.3 Å². The van der Waals surface area contributed by atoms with Gasteiger partial charge in [0.15, 0.2) is 6.29 Å². The quantitative estimate of drug-likeness (QED) is 0.700. The van der Waals surface area contributed by atoms with Crippen molar-refractivity contribution in [2.24, 2.45) is 0 Å². The van der Waals surface area contributed by atoms with Crippen LogP contribution in [0.15, 0.2) is 33.4 Å². The van der Waals surface area contributed by atoms with Crippen molar-refractivity contribution in [3.05, 3.63) is 50.1 Å². The predicted molar refractivity (Wildman–Crippen MR) is 81.0 cm³/mol. The van der Waals surface area contributed by atoms with Crippen molar-refractivity contribution in [1.29, 1.82) is 0 Å². The molecule has 2 rings (SSSR count). The molecule has 1 aromatic carbocycles. The number of thiophene rings is 1. The summed E-state index contributed by atoms with van der Waals surface area (Å²) in [4.78, 5) is 12.4. The van der Waals surface area contributed by atoms with Gasteiger partial charge in [0.05, 0.1) is 9.35 Å². The van der Waals surface area contributed by atoms with Crippen molar-refractivity contribution in [2.45, 2.75) is 12.7 Å². The fraction of sp³-hybridized carbons (Fsp3) is 0.214. The molecule has 0 fully saturated rings. The lowest BCUT2D eigenvalue weighted by Gasteiger charge is -2.20. The van der Waals surface area contributed by atoms with Crippen molar-refractivity contribution in [3.63, 3.8) is 0 Å². The third-order valence-corrected chi connectivity index (χ3v) is 4.50. The molecule has 0 atom stereocenters. The van der Waals surface area contributed by atoms with E-state index in [1.807, 2.05) is 11.4 Å². The smallest absolute Gasteiger partial charge is 0.370 e. The first-order valence-electron chi connectivity index (χ1n) is 5.91. The zero-order chi connectivity index (χ0) is 15.6. The molecule has 112 valence electrons. The Kier molecular flexibility index (Phi) is 4.73. The summed E-state index contributed by atoms with van der Waals surface area (Å²) in [7, 11) is 1.71. The second-order valence-electron chi connectivity index (χ2n) is 4.50. The van der Waals surface area contributed by atoms with E-state index < -0.39 is 11.7 Å². The molecular weight excluding hydrogens is 367 g/mol. The van der Waals surface area contributed by atoms with Crippen LogP contribution in [-0.2, 0) is 12.7 Å². The molecule has 21 heavy (non-hydrogen) atoms. The van der Waals surface area contributed by atoms with Gasteiger partial charge in [-0.15, -0.1) is 11.3 Å². The maximum Gasteiger partial charge on any atom is 0.417 e. The normalized spacial score (nSPS) is 11.5. The molecule has 2 nitrogen and oxygen atoms in total. The maximum atomic E-state index is 12.9. The lowest BCUT2D eigenvalue weighted by Crippen LogP contribution is -2.18. The van der Waals surface area contributed by atoms with Crippen LogP contribution in [0.5, 0.6) is 0 Å². The highest BCUT2D eigenvalue weighted by molar-refractivity contribution is 9.11. The van der Waals surface area contributed by atoms with Crippen LogP contribution in [0.3, 0.4) is 0 Å². The van der Waals surface area contributed by atoms with Gasteiger partial charge in [-0.25, -0.2) is 0 Å². The monoisotopic (exact) mass is 377 g/mol. The first kappa shape index (κ1) is 16.0. The van der Waals surface area contributed by atoms with E-state index in [0.29, 0.717) is 12.2 Å². The summed E-state index contributed by atoms with van der Waals surface area (Å²) >= 11 is 4.87. The van der Waals surface area contributed by atoms with Gasteiger partial charge in [-0.05, 0) is 51.1 Å². The number of aldehydes is 1. The number of halogens is 4. The zero-order valence-electron chi connectivity index (χ0n) is 10.9. The molecule has 0 bridgehead atoms. The van der Waals surface area contributed by atoms with Crippen LogP contribution in [-0.4, -0.2) is 13.3 Å². The molecule has 2 aromatic rings. The fourth-order valence-corrected chi connectivity index (χ4v) is 3.12. The minimum Gasteiger partial charge on any atom is -0.370 e. The fourth-order valence-electron chi connectivity index (χ4n) is 1.92. The van der Waals surface area contributed by atoms with Crippen molar-refractivity contribution < 1.29 is 18.0 Å². The highest BCUT2D eigenvalue weighted by Gasteiger charge is 2.33. The number of benzene rings is 1. The molecule has 0 spiro atoms. The van der Waals surface area contributed by atoms with Crippen molar-refractivity contribution in [3.8, 4) is 0 Å². The second kappa shape index (κ2) is 6.19. The van der Waals surface area contributed by atoms with Gasteiger partial charge in [0.25, 0.3) is 0 Å². The molecule has 0 aliphatic rings. The number of hydrogen-bond donors (Lipinski definition) is 0. The molecule has 1 heterocycles. The Balaban J connectivity index is 2.29. The molecule has 0 amide bonds. The Hall–Kier alpha value is -1.34. The Bertz CT molecular complexity index is 654.